The Balaban J connectivity index is 2.10. The summed E-state index contributed by atoms with van der Waals surface area (Å²) in [5.41, 5.74) is 3.99. The average Bonchev–Trinajstić information content (AvgIpc) is 2.94. The fraction of sp³-hybridized carbons (Fsp3) is 0.158. The van der Waals surface area contributed by atoms with E-state index in [9.17, 15) is 9.90 Å². The molecule has 4 nitrogen and oxygen atoms in total. The zero-order valence-electron chi connectivity index (χ0n) is 13.1. The lowest BCUT2D eigenvalue weighted by Gasteiger charge is -2.04. The molecule has 23 heavy (non-hydrogen) atoms. The number of nitrogens with zero attached hydrogens (tertiary/aromatic N) is 1. The standard InChI is InChI=1S/C19H17NO3/c1-3-23-19(22)15-9-10-20-16(11-15)12-17(18(20)13(2)21)14-7-5-4-6-8-14/h4-12H,3H2,1-2H3/p+1. The molecule has 4 heteroatoms. The first-order chi connectivity index (χ1) is 11.1. The largest absolute Gasteiger partial charge is 0.506 e. The lowest BCUT2D eigenvalue weighted by molar-refractivity contribution is -0.578. The maximum Gasteiger partial charge on any atom is 0.338 e. The summed E-state index contributed by atoms with van der Waals surface area (Å²) in [4.78, 5) is 11.9. The molecular weight excluding hydrogens is 290 g/mol. The van der Waals surface area contributed by atoms with Crippen LogP contribution in [0.3, 0.4) is 0 Å². The van der Waals surface area contributed by atoms with Crippen LogP contribution in [0.4, 0.5) is 0 Å². The smallest absolute Gasteiger partial charge is 0.338 e. The predicted octanol–water partition coefficient (Wildman–Crippen LogP) is 3.45. The van der Waals surface area contributed by atoms with Gasteiger partial charge in [-0.3, -0.25) is 0 Å². The number of carbonyl (C=O) groups excluding carboxylic acids is 1. The third-order valence-electron chi connectivity index (χ3n) is 3.71. The first kappa shape index (κ1) is 15.0. The lowest BCUT2D eigenvalue weighted by atomic mass is 10.0. The Morgan fingerprint density at radius 1 is 1.22 bits per heavy atom. The maximum absolute atomic E-state index is 11.9. The summed E-state index contributed by atoms with van der Waals surface area (Å²) >= 11 is 0. The van der Waals surface area contributed by atoms with Gasteiger partial charge in [-0.25, -0.2) is 4.79 Å². The number of ether oxygens (including phenoxy) is 1. The highest BCUT2D eigenvalue weighted by atomic mass is 16.5. The lowest BCUT2D eigenvalue weighted by Crippen LogP contribution is -2.33. The number of aromatic nitrogens is 1. The number of rotatable bonds is 3. The first-order valence-electron chi connectivity index (χ1n) is 7.52. The van der Waals surface area contributed by atoms with E-state index in [-0.39, 0.29) is 11.7 Å². The molecule has 1 aliphatic rings. The van der Waals surface area contributed by atoms with Crippen LogP contribution < -0.4 is 4.57 Å². The molecule has 0 saturated heterocycles. The monoisotopic (exact) mass is 308 g/mol. The predicted molar refractivity (Wildman–Crippen MR) is 88.4 cm³/mol. The van der Waals surface area contributed by atoms with Crippen molar-refractivity contribution in [2.24, 2.45) is 0 Å². The molecule has 1 aromatic heterocycles. The number of carbonyl (C=O) groups is 1. The van der Waals surface area contributed by atoms with Gasteiger partial charge in [-0.1, -0.05) is 30.3 Å². The summed E-state index contributed by atoms with van der Waals surface area (Å²) in [5.74, 6) is -0.114. The van der Waals surface area contributed by atoms with Crippen molar-refractivity contribution < 1.29 is 19.2 Å². The van der Waals surface area contributed by atoms with Crippen molar-refractivity contribution in [3.05, 3.63) is 71.2 Å². The van der Waals surface area contributed by atoms with Crippen molar-refractivity contribution in [3.8, 4) is 0 Å². The number of aliphatic hydroxyl groups is 1. The SMILES string of the molecule is CCOC(=O)c1cc[n+]2c(c1)C=C(c1ccccc1)/C2=C(\C)O. The van der Waals surface area contributed by atoms with Gasteiger partial charge < -0.3 is 9.84 Å². The van der Waals surface area contributed by atoms with Gasteiger partial charge in [0.25, 0.3) is 5.70 Å². The quantitative estimate of drug-likeness (QED) is 0.537. The molecule has 0 bridgehead atoms. The van der Waals surface area contributed by atoms with Crippen molar-refractivity contribution in [2.75, 3.05) is 6.61 Å². The second kappa shape index (κ2) is 6.08. The zero-order chi connectivity index (χ0) is 16.4. The minimum absolute atomic E-state index is 0.229. The molecule has 116 valence electrons. The van der Waals surface area contributed by atoms with E-state index < -0.39 is 0 Å². The number of aliphatic hydroxyl groups excluding tert-OH is 1. The van der Waals surface area contributed by atoms with Crippen molar-refractivity contribution in [1.29, 1.82) is 0 Å². The molecule has 0 aliphatic carbocycles. The third-order valence-corrected chi connectivity index (χ3v) is 3.71. The van der Waals surface area contributed by atoms with Gasteiger partial charge in [-0.15, -0.1) is 0 Å². The molecule has 0 fully saturated rings. The van der Waals surface area contributed by atoms with Crippen LogP contribution in [-0.2, 0) is 4.74 Å². The number of fused-ring (bicyclic) bond motifs is 1. The van der Waals surface area contributed by atoms with Crippen LogP contribution in [0.2, 0.25) is 0 Å². The van der Waals surface area contributed by atoms with Crippen LogP contribution in [0.1, 0.15) is 35.5 Å². The van der Waals surface area contributed by atoms with Gasteiger partial charge in [0.15, 0.2) is 12.0 Å². The van der Waals surface area contributed by atoms with E-state index in [1.165, 1.54) is 0 Å². The summed E-state index contributed by atoms with van der Waals surface area (Å²) in [6, 6.07) is 13.3. The van der Waals surface area contributed by atoms with Crippen molar-refractivity contribution >= 4 is 23.3 Å². The van der Waals surface area contributed by atoms with E-state index in [0.717, 1.165) is 22.5 Å². The van der Waals surface area contributed by atoms with E-state index in [0.29, 0.717) is 12.2 Å². The van der Waals surface area contributed by atoms with Gasteiger partial charge >= 0.3 is 5.97 Å². The van der Waals surface area contributed by atoms with Crippen LogP contribution in [-0.4, -0.2) is 17.7 Å². The summed E-state index contributed by atoms with van der Waals surface area (Å²) in [6.45, 7) is 3.78. The van der Waals surface area contributed by atoms with E-state index in [4.69, 9.17) is 4.74 Å². The summed E-state index contributed by atoms with van der Waals surface area (Å²) in [7, 11) is 0. The Kier molecular flexibility index (Phi) is 3.98. The van der Waals surface area contributed by atoms with Gasteiger partial charge in [-0.2, -0.15) is 4.57 Å². The number of allylic oxidation sites excluding steroid dienone is 3. The molecule has 1 N–H and O–H groups in total. The molecule has 0 saturated carbocycles. The second-order valence-corrected chi connectivity index (χ2v) is 5.29. The minimum atomic E-state index is -0.344. The number of esters is 1. The molecule has 0 amide bonds. The maximum atomic E-state index is 11.9. The normalized spacial score (nSPS) is 15.0. The van der Waals surface area contributed by atoms with Crippen LogP contribution >= 0.6 is 0 Å². The molecule has 0 atom stereocenters. The Labute approximate surface area is 135 Å². The summed E-state index contributed by atoms with van der Waals surface area (Å²) in [6.07, 6.45) is 3.75. The first-order valence-corrected chi connectivity index (χ1v) is 7.52. The Bertz CT molecular complexity index is 816. The number of hydrogen-bond acceptors (Lipinski definition) is 3. The highest BCUT2D eigenvalue weighted by Crippen LogP contribution is 2.32. The van der Waals surface area contributed by atoms with Gasteiger partial charge in [0.1, 0.15) is 0 Å². The van der Waals surface area contributed by atoms with E-state index in [1.54, 1.807) is 32.2 Å². The highest BCUT2D eigenvalue weighted by molar-refractivity contribution is 6.05. The van der Waals surface area contributed by atoms with Gasteiger partial charge in [0.2, 0.25) is 5.69 Å². The fourth-order valence-electron chi connectivity index (χ4n) is 2.73. The summed E-state index contributed by atoms with van der Waals surface area (Å²) < 4.78 is 6.92. The van der Waals surface area contributed by atoms with E-state index in [1.807, 2.05) is 41.0 Å². The van der Waals surface area contributed by atoms with Crippen LogP contribution in [0.5, 0.6) is 0 Å². The molecule has 0 radical (unpaired) electrons. The van der Waals surface area contributed by atoms with Crippen molar-refractivity contribution in [2.45, 2.75) is 13.8 Å². The Morgan fingerprint density at radius 3 is 2.61 bits per heavy atom. The molecule has 2 heterocycles. The zero-order valence-corrected chi connectivity index (χ0v) is 13.1. The van der Waals surface area contributed by atoms with Crippen LogP contribution in [0, 0.1) is 0 Å². The third kappa shape index (κ3) is 2.75. The molecule has 0 spiro atoms. The number of pyridine rings is 1. The molecule has 2 aromatic rings. The fourth-order valence-corrected chi connectivity index (χ4v) is 2.73. The molecule has 3 rings (SSSR count). The van der Waals surface area contributed by atoms with E-state index >= 15 is 0 Å². The van der Waals surface area contributed by atoms with Crippen LogP contribution in [0.15, 0.2) is 54.4 Å². The molecular formula is C19H18NO3+. The van der Waals surface area contributed by atoms with Crippen molar-refractivity contribution in [1.82, 2.24) is 0 Å². The minimum Gasteiger partial charge on any atom is -0.506 e. The number of hydrogen-bond donors (Lipinski definition) is 1. The van der Waals surface area contributed by atoms with E-state index in [2.05, 4.69) is 0 Å². The van der Waals surface area contributed by atoms with Gasteiger partial charge in [-0.05, 0) is 19.4 Å². The van der Waals surface area contributed by atoms with Gasteiger partial charge in [0, 0.05) is 18.2 Å². The average molecular weight is 308 g/mol. The van der Waals surface area contributed by atoms with Gasteiger partial charge in [0.05, 0.1) is 17.7 Å². The highest BCUT2D eigenvalue weighted by Gasteiger charge is 2.31. The Hall–Kier alpha value is -2.88. The topological polar surface area (TPSA) is 50.4 Å². The summed E-state index contributed by atoms with van der Waals surface area (Å²) in [5, 5.41) is 10.1. The molecule has 0 unspecified atom stereocenters. The molecule has 1 aromatic carbocycles. The second-order valence-electron chi connectivity index (χ2n) is 5.29. The van der Waals surface area contributed by atoms with Crippen LogP contribution in [0.25, 0.3) is 17.3 Å². The number of benzene rings is 1. The Morgan fingerprint density at radius 2 is 1.96 bits per heavy atom. The van der Waals surface area contributed by atoms with Crippen molar-refractivity contribution in [3.63, 3.8) is 0 Å². The molecule has 1 aliphatic heterocycles.